The van der Waals surface area contributed by atoms with Crippen LogP contribution in [0.5, 0.6) is 0 Å². The van der Waals surface area contributed by atoms with E-state index in [1.54, 1.807) is 4.68 Å². The van der Waals surface area contributed by atoms with E-state index in [1.807, 2.05) is 31.2 Å². The molecule has 0 aliphatic rings. The number of hydrogen-bond acceptors (Lipinski definition) is 1. The van der Waals surface area contributed by atoms with Crippen LogP contribution >= 0.6 is 0 Å². The summed E-state index contributed by atoms with van der Waals surface area (Å²) in [5, 5.41) is 3.33. The van der Waals surface area contributed by atoms with Crippen LogP contribution in [0.15, 0.2) is 29.1 Å². The van der Waals surface area contributed by atoms with E-state index >= 15 is 0 Å². The Morgan fingerprint density at radius 1 is 1.10 bits per heavy atom. The highest BCUT2D eigenvalue weighted by Gasteiger charge is 2.17. The van der Waals surface area contributed by atoms with Crippen molar-refractivity contribution in [3.63, 3.8) is 0 Å². The van der Waals surface area contributed by atoms with Crippen molar-refractivity contribution in [1.82, 2.24) is 9.78 Å². The van der Waals surface area contributed by atoms with Crippen molar-refractivity contribution < 1.29 is 0 Å². The van der Waals surface area contributed by atoms with E-state index in [9.17, 15) is 4.79 Å². The molecule has 0 fully saturated rings. The summed E-state index contributed by atoms with van der Waals surface area (Å²) in [5.74, 6) is 1.00. The quantitative estimate of drug-likeness (QED) is 0.890. The second-order valence-corrected chi connectivity index (χ2v) is 6.74. The first kappa shape index (κ1) is 15.6. The van der Waals surface area contributed by atoms with Crippen LogP contribution in [0.25, 0.3) is 5.69 Å². The molecule has 1 aromatic carbocycles. The van der Waals surface area contributed by atoms with Gasteiger partial charge in [-0.25, -0.2) is 4.68 Å². The molecule has 1 heterocycles. The monoisotopic (exact) mass is 286 g/mol. The molecule has 0 spiro atoms. The number of H-pyrrole nitrogens is 1. The molecule has 3 heteroatoms. The summed E-state index contributed by atoms with van der Waals surface area (Å²) in [6, 6.07) is 8.04. The molecule has 21 heavy (non-hydrogen) atoms. The number of benzene rings is 1. The van der Waals surface area contributed by atoms with E-state index in [4.69, 9.17) is 0 Å². The number of rotatable bonds is 5. The van der Waals surface area contributed by atoms with E-state index in [1.165, 1.54) is 0 Å². The molecule has 0 radical (unpaired) electrons. The van der Waals surface area contributed by atoms with Gasteiger partial charge in [-0.1, -0.05) is 39.8 Å². The first-order chi connectivity index (χ1) is 9.88. The van der Waals surface area contributed by atoms with Crippen molar-refractivity contribution in [2.24, 2.45) is 11.8 Å². The minimum absolute atomic E-state index is 0.102. The number of nitrogens with zero attached hydrogens (tertiary/aromatic N) is 1. The van der Waals surface area contributed by atoms with Crippen molar-refractivity contribution in [2.45, 2.75) is 47.5 Å². The number of hydrogen-bond donors (Lipinski definition) is 1. The Bertz CT molecular complexity index is 662. The summed E-state index contributed by atoms with van der Waals surface area (Å²) in [6.07, 6.45) is 1.74. The largest absolute Gasteiger partial charge is 0.295 e. The average molecular weight is 286 g/mol. The maximum Gasteiger partial charge on any atom is 0.274 e. The Labute approximate surface area is 127 Å². The van der Waals surface area contributed by atoms with Gasteiger partial charge < -0.3 is 0 Å². The van der Waals surface area contributed by atoms with Gasteiger partial charge in [0.1, 0.15) is 0 Å². The second-order valence-electron chi connectivity index (χ2n) is 6.74. The second kappa shape index (κ2) is 6.33. The van der Waals surface area contributed by atoms with Gasteiger partial charge in [0.15, 0.2) is 0 Å². The third kappa shape index (κ3) is 3.66. The molecule has 0 atom stereocenters. The zero-order valence-electron chi connectivity index (χ0n) is 13.7. The van der Waals surface area contributed by atoms with Gasteiger partial charge >= 0.3 is 0 Å². The minimum Gasteiger partial charge on any atom is -0.295 e. The normalized spacial score (nSPS) is 11.6. The fourth-order valence-corrected chi connectivity index (χ4v) is 2.66. The molecule has 0 saturated carbocycles. The predicted octanol–water partition coefficient (Wildman–Crippen LogP) is 3.87. The maximum absolute atomic E-state index is 12.8. The third-order valence-corrected chi connectivity index (χ3v) is 3.56. The minimum atomic E-state index is 0.102. The van der Waals surface area contributed by atoms with E-state index in [-0.39, 0.29) is 5.56 Å². The Morgan fingerprint density at radius 2 is 1.76 bits per heavy atom. The lowest BCUT2D eigenvalue weighted by molar-refractivity contribution is 0.607. The van der Waals surface area contributed by atoms with Crippen molar-refractivity contribution in [3.05, 3.63) is 51.4 Å². The smallest absolute Gasteiger partial charge is 0.274 e. The number of aromatic nitrogens is 2. The molecule has 3 nitrogen and oxygen atoms in total. The molecule has 1 aromatic heterocycles. The van der Waals surface area contributed by atoms with Crippen LogP contribution in [-0.2, 0) is 12.8 Å². The highest BCUT2D eigenvalue weighted by Crippen LogP contribution is 2.15. The van der Waals surface area contributed by atoms with E-state index in [2.05, 4.69) is 32.8 Å². The standard InChI is InChI=1S/C18H26N2O/c1-12(2)9-16-17(10-13(3)4)19-20(18(16)21)15-8-6-7-14(5)11-15/h6-8,11-13,19H,9-10H2,1-5H3. The zero-order chi connectivity index (χ0) is 15.6. The molecule has 114 valence electrons. The molecule has 2 aromatic rings. The lowest BCUT2D eigenvalue weighted by Gasteiger charge is -2.06. The van der Waals surface area contributed by atoms with Crippen molar-refractivity contribution >= 4 is 0 Å². The van der Waals surface area contributed by atoms with Crippen LogP contribution in [-0.4, -0.2) is 9.78 Å². The van der Waals surface area contributed by atoms with Crippen LogP contribution in [0.4, 0.5) is 0 Å². The Morgan fingerprint density at radius 3 is 2.33 bits per heavy atom. The Balaban J connectivity index is 2.52. The summed E-state index contributed by atoms with van der Waals surface area (Å²) in [6.45, 7) is 10.7. The van der Waals surface area contributed by atoms with Gasteiger partial charge in [-0.05, 0) is 49.3 Å². The molecule has 1 N–H and O–H groups in total. The molecule has 0 aliphatic carbocycles. The molecular weight excluding hydrogens is 260 g/mol. The molecule has 2 rings (SSSR count). The van der Waals surface area contributed by atoms with Crippen LogP contribution in [0.3, 0.4) is 0 Å². The summed E-state index contributed by atoms with van der Waals surface area (Å²) in [4.78, 5) is 12.8. The van der Waals surface area contributed by atoms with Gasteiger partial charge in [-0.2, -0.15) is 0 Å². The van der Waals surface area contributed by atoms with Gasteiger partial charge in [-0.15, -0.1) is 0 Å². The van der Waals surface area contributed by atoms with Crippen LogP contribution in [0.2, 0.25) is 0 Å². The predicted molar refractivity (Wildman–Crippen MR) is 88.2 cm³/mol. The van der Waals surface area contributed by atoms with Gasteiger partial charge in [0, 0.05) is 11.3 Å². The fraction of sp³-hybridized carbons (Fsp3) is 0.500. The number of nitrogens with one attached hydrogen (secondary N) is 1. The van der Waals surface area contributed by atoms with Gasteiger partial charge in [0.25, 0.3) is 5.56 Å². The highest BCUT2D eigenvalue weighted by atomic mass is 16.1. The Kier molecular flexibility index (Phi) is 4.71. The third-order valence-electron chi connectivity index (χ3n) is 3.56. The lowest BCUT2D eigenvalue weighted by atomic mass is 9.99. The molecule has 0 unspecified atom stereocenters. The average Bonchev–Trinajstić information content (AvgIpc) is 2.66. The van der Waals surface area contributed by atoms with Crippen molar-refractivity contribution in [1.29, 1.82) is 0 Å². The highest BCUT2D eigenvalue weighted by molar-refractivity contribution is 5.36. The lowest BCUT2D eigenvalue weighted by Crippen LogP contribution is -2.18. The van der Waals surface area contributed by atoms with Gasteiger partial charge in [0.05, 0.1) is 5.69 Å². The van der Waals surface area contributed by atoms with E-state index in [0.717, 1.165) is 35.3 Å². The molecule has 0 bridgehead atoms. The molecular formula is C18H26N2O. The number of aromatic amines is 1. The zero-order valence-corrected chi connectivity index (χ0v) is 13.7. The van der Waals surface area contributed by atoms with Crippen molar-refractivity contribution in [3.8, 4) is 5.69 Å². The summed E-state index contributed by atoms with van der Waals surface area (Å²) >= 11 is 0. The summed E-state index contributed by atoms with van der Waals surface area (Å²) < 4.78 is 1.70. The molecule has 0 aliphatic heterocycles. The first-order valence-electron chi connectivity index (χ1n) is 7.78. The molecule has 0 saturated heterocycles. The summed E-state index contributed by atoms with van der Waals surface area (Å²) in [7, 11) is 0. The first-order valence-corrected chi connectivity index (χ1v) is 7.78. The van der Waals surface area contributed by atoms with Gasteiger partial charge in [-0.3, -0.25) is 9.89 Å². The topological polar surface area (TPSA) is 37.8 Å². The Hall–Kier alpha value is -1.77. The summed E-state index contributed by atoms with van der Waals surface area (Å²) in [5.41, 5.74) is 4.21. The molecule has 0 amide bonds. The van der Waals surface area contributed by atoms with Crippen LogP contribution in [0, 0.1) is 18.8 Å². The fourth-order valence-electron chi connectivity index (χ4n) is 2.66. The van der Waals surface area contributed by atoms with Gasteiger partial charge in [0.2, 0.25) is 0 Å². The van der Waals surface area contributed by atoms with Crippen LogP contribution < -0.4 is 5.56 Å². The number of aryl methyl sites for hydroxylation is 1. The SMILES string of the molecule is Cc1cccc(-n2[nH]c(CC(C)C)c(CC(C)C)c2=O)c1. The van der Waals surface area contributed by atoms with Crippen LogP contribution in [0.1, 0.15) is 44.5 Å². The van der Waals surface area contributed by atoms with E-state index in [0.29, 0.717) is 11.8 Å². The maximum atomic E-state index is 12.8. The van der Waals surface area contributed by atoms with E-state index < -0.39 is 0 Å². The van der Waals surface area contributed by atoms with Crippen molar-refractivity contribution in [2.75, 3.05) is 0 Å².